The van der Waals surface area contributed by atoms with E-state index in [0.717, 1.165) is 25.6 Å². The molecule has 1 saturated heterocycles. The molecular weight excluding hydrogens is 263 g/mol. The molecule has 0 amide bonds. The van der Waals surface area contributed by atoms with Crippen LogP contribution in [0, 0.1) is 11.7 Å². The van der Waals surface area contributed by atoms with Gasteiger partial charge in [-0.05, 0) is 31.7 Å². The molecule has 1 aliphatic heterocycles. The average Bonchev–Trinajstić information content (AvgIpc) is 3.22. The lowest BCUT2D eigenvalue weighted by molar-refractivity contribution is 0.0475. The molecule has 0 aromatic heterocycles. The Morgan fingerprint density at radius 2 is 2.26 bits per heavy atom. The van der Waals surface area contributed by atoms with Crippen molar-refractivity contribution < 1.29 is 4.39 Å². The molecule has 2 fully saturated rings. The first-order valence-electron chi connectivity index (χ1n) is 7.00. The van der Waals surface area contributed by atoms with E-state index in [4.69, 9.17) is 11.6 Å². The van der Waals surface area contributed by atoms with Gasteiger partial charge in [0.15, 0.2) is 0 Å². The van der Waals surface area contributed by atoms with Crippen molar-refractivity contribution >= 4 is 11.6 Å². The summed E-state index contributed by atoms with van der Waals surface area (Å²) < 4.78 is 14.1. The van der Waals surface area contributed by atoms with Gasteiger partial charge in [-0.2, -0.15) is 0 Å². The standard InChI is InChI=1S/C15H20ClFN2/c1-15(12-5-6-12)10-18-7-8-19(15)9-11-3-2-4-13(16)14(11)17/h2-4,12,18H,5-10H2,1H3. The Morgan fingerprint density at radius 3 is 3.00 bits per heavy atom. The number of benzene rings is 1. The maximum atomic E-state index is 14.1. The third-order valence-electron chi connectivity index (χ3n) is 4.61. The van der Waals surface area contributed by atoms with Gasteiger partial charge in [0.1, 0.15) is 5.82 Å². The van der Waals surface area contributed by atoms with Crippen LogP contribution in [0.2, 0.25) is 5.02 Å². The number of piperazine rings is 1. The lowest BCUT2D eigenvalue weighted by Crippen LogP contribution is -2.60. The summed E-state index contributed by atoms with van der Waals surface area (Å²) in [6, 6.07) is 5.28. The molecule has 1 aliphatic carbocycles. The highest BCUT2D eigenvalue weighted by Gasteiger charge is 2.46. The van der Waals surface area contributed by atoms with Crippen molar-refractivity contribution in [3.63, 3.8) is 0 Å². The van der Waals surface area contributed by atoms with Crippen LogP contribution in [0.5, 0.6) is 0 Å². The molecule has 1 atom stereocenters. The Labute approximate surface area is 118 Å². The van der Waals surface area contributed by atoms with Crippen LogP contribution in [-0.2, 0) is 6.54 Å². The van der Waals surface area contributed by atoms with Crippen molar-refractivity contribution in [1.29, 1.82) is 0 Å². The molecule has 104 valence electrons. The van der Waals surface area contributed by atoms with Gasteiger partial charge in [0.25, 0.3) is 0 Å². The zero-order valence-electron chi connectivity index (χ0n) is 11.3. The number of hydrogen-bond acceptors (Lipinski definition) is 2. The lowest BCUT2D eigenvalue weighted by Gasteiger charge is -2.46. The highest BCUT2D eigenvalue weighted by Crippen LogP contribution is 2.44. The molecule has 19 heavy (non-hydrogen) atoms. The summed E-state index contributed by atoms with van der Waals surface area (Å²) in [5, 5.41) is 3.70. The summed E-state index contributed by atoms with van der Waals surface area (Å²) in [5.41, 5.74) is 0.869. The molecule has 1 aromatic rings. The fourth-order valence-corrected chi connectivity index (χ4v) is 3.36. The molecule has 1 saturated carbocycles. The molecule has 0 spiro atoms. The van der Waals surface area contributed by atoms with Crippen LogP contribution in [0.1, 0.15) is 25.3 Å². The van der Waals surface area contributed by atoms with Gasteiger partial charge in [0.05, 0.1) is 5.02 Å². The molecule has 1 aromatic carbocycles. The Kier molecular flexibility index (Phi) is 3.54. The van der Waals surface area contributed by atoms with Crippen LogP contribution < -0.4 is 5.32 Å². The second-order valence-corrected chi connectivity index (χ2v) is 6.35. The molecular formula is C15H20ClFN2. The first-order valence-corrected chi connectivity index (χ1v) is 7.38. The van der Waals surface area contributed by atoms with E-state index in [1.54, 1.807) is 6.07 Å². The van der Waals surface area contributed by atoms with Crippen LogP contribution in [0.3, 0.4) is 0 Å². The first kappa shape index (κ1) is 13.3. The van der Waals surface area contributed by atoms with Gasteiger partial charge in [-0.1, -0.05) is 23.7 Å². The quantitative estimate of drug-likeness (QED) is 0.917. The third-order valence-corrected chi connectivity index (χ3v) is 4.91. The van der Waals surface area contributed by atoms with Crippen molar-refractivity contribution in [2.75, 3.05) is 19.6 Å². The Morgan fingerprint density at radius 1 is 1.47 bits per heavy atom. The monoisotopic (exact) mass is 282 g/mol. The molecule has 1 unspecified atom stereocenters. The molecule has 1 heterocycles. The van der Waals surface area contributed by atoms with Crippen LogP contribution in [0.4, 0.5) is 4.39 Å². The van der Waals surface area contributed by atoms with Crippen LogP contribution in [0.15, 0.2) is 18.2 Å². The van der Waals surface area contributed by atoms with E-state index >= 15 is 0 Å². The Balaban J connectivity index is 1.82. The minimum Gasteiger partial charge on any atom is -0.314 e. The van der Waals surface area contributed by atoms with Gasteiger partial charge in [0.2, 0.25) is 0 Å². The zero-order chi connectivity index (χ0) is 13.5. The summed E-state index contributed by atoms with van der Waals surface area (Å²) >= 11 is 5.87. The molecule has 2 aliphatic rings. The number of rotatable bonds is 3. The maximum absolute atomic E-state index is 14.1. The van der Waals surface area contributed by atoms with E-state index < -0.39 is 0 Å². The number of nitrogens with zero attached hydrogens (tertiary/aromatic N) is 1. The van der Waals surface area contributed by atoms with Gasteiger partial charge in [0, 0.05) is 37.3 Å². The highest BCUT2D eigenvalue weighted by molar-refractivity contribution is 6.30. The summed E-state index contributed by atoms with van der Waals surface area (Å²) in [6.07, 6.45) is 2.60. The first-order chi connectivity index (χ1) is 9.11. The van der Waals surface area contributed by atoms with E-state index in [-0.39, 0.29) is 16.4 Å². The van der Waals surface area contributed by atoms with E-state index in [0.29, 0.717) is 12.1 Å². The van der Waals surface area contributed by atoms with Crippen molar-refractivity contribution in [2.45, 2.75) is 31.8 Å². The predicted octanol–water partition coefficient (Wildman–Crippen LogP) is 3.05. The normalized spacial score (nSPS) is 28.6. The van der Waals surface area contributed by atoms with Crippen LogP contribution in [-0.4, -0.2) is 30.1 Å². The summed E-state index contributed by atoms with van der Waals surface area (Å²) in [4.78, 5) is 2.43. The van der Waals surface area contributed by atoms with Crippen molar-refractivity contribution in [3.8, 4) is 0 Å². The van der Waals surface area contributed by atoms with E-state index in [9.17, 15) is 4.39 Å². The fraction of sp³-hybridized carbons (Fsp3) is 0.600. The number of halogens is 2. The van der Waals surface area contributed by atoms with Crippen molar-refractivity contribution in [3.05, 3.63) is 34.6 Å². The van der Waals surface area contributed by atoms with Gasteiger partial charge >= 0.3 is 0 Å². The minimum atomic E-state index is -0.263. The summed E-state index contributed by atoms with van der Waals surface area (Å²) in [7, 11) is 0. The van der Waals surface area contributed by atoms with E-state index in [1.165, 1.54) is 12.8 Å². The molecule has 0 radical (unpaired) electrons. The zero-order valence-corrected chi connectivity index (χ0v) is 12.0. The van der Waals surface area contributed by atoms with Gasteiger partial charge in [-0.25, -0.2) is 4.39 Å². The summed E-state index contributed by atoms with van der Waals surface area (Å²) in [6.45, 7) is 5.91. The number of hydrogen-bond donors (Lipinski definition) is 1. The van der Waals surface area contributed by atoms with E-state index in [2.05, 4.69) is 17.1 Å². The Hall–Kier alpha value is -0.640. The lowest BCUT2D eigenvalue weighted by atomic mass is 9.90. The molecule has 4 heteroatoms. The van der Waals surface area contributed by atoms with Crippen molar-refractivity contribution in [1.82, 2.24) is 10.2 Å². The highest BCUT2D eigenvalue weighted by atomic mass is 35.5. The number of nitrogens with one attached hydrogen (secondary N) is 1. The third kappa shape index (κ3) is 2.51. The van der Waals surface area contributed by atoms with Crippen molar-refractivity contribution in [2.24, 2.45) is 5.92 Å². The predicted molar refractivity (Wildman–Crippen MR) is 75.8 cm³/mol. The molecule has 1 N–H and O–H groups in total. The average molecular weight is 283 g/mol. The second kappa shape index (κ2) is 5.04. The van der Waals surface area contributed by atoms with Gasteiger partial charge in [-0.3, -0.25) is 4.90 Å². The minimum absolute atomic E-state index is 0.160. The van der Waals surface area contributed by atoms with E-state index in [1.807, 2.05) is 12.1 Å². The smallest absolute Gasteiger partial charge is 0.146 e. The Bertz CT molecular complexity index is 475. The SMILES string of the molecule is CC1(C2CC2)CNCCN1Cc1cccc(Cl)c1F. The molecule has 0 bridgehead atoms. The maximum Gasteiger partial charge on any atom is 0.146 e. The van der Waals surface area contributed by atoms with Gasteiger partial charge < -0.3 is 5.32 Å². The molecule has 2 nitrogen and oxygen atoms in total. The summed E-state index contributed by atoms with van der Waals surface area (Å²) in [5.74, 6) is 0.489. The fourth-order valence-electron chi connectivity index (χ4n) is 3.17. The molecule has 3 rings (SSSR count). The largest absolute Gasteiger partial charge is 0.314 e. The second-order valence-electron chi connectivity index (χ2n) is 5.94. The van der Waals surface area contributed by atoms with Gasteiger partial charge in [-0.15, -0.1) is 0 Å². The topological polar surface area (TPSA) is 15.3 Å². The van der Waals surface area contributed by atoms with Crippen LogP contribution >= 0.6 is 11.6 Å². The van der Waals surface area contributed by atoms with Crippen LogP contribution in [0.25, 0.3) is 0 Å².